The molecule has 0 bridgehead atoms. The molecule has 0 heterocycles. The van der Waals surface area contributed by atoms with E-state index in [9.17, 15) is 18.0 Å². The number of hydrogen-bond acceptors (Lipinski definition) is 6. The van der Waals surface area contributed by atoms with Crippen LogP contribution in [0.2, 0.25) is 10.0 Å². The largest absolute Gasteiger partial charge is 0.465 e. The highest BCUT2D eigenvalue weighted by atomic mass is 35.5. The Kier molecular flexibility index (Phi) is 9.22. The number of aryl methyl sites for hydroxylation is 1. The molecule has 188 valence electrons. The average Bonchev–Trinajstić information content (AvgIpc) is 2.86. The van der Waals surface area contributed by atoms with Crippen LogP contribution in [0.1, 0.15) is 27.0 Å². The minimum atomic E-state index is -4.03. The van der Waals surface area contributed by atoms with Gasteiger partial charge in [0.2, 0.25) is 10.0 Å². The van der Waals surface area contributed by atoms with Gasteiger partial charge in [0.15, 0.2) is 0 Å². The van der Waals surface area contributed by atoms with Gasteiger partial charge < -0.3 is 4.74 Å². The summed E-state index contributed by atoms with van der Waals surface area (Å²) in [5.74, 6) is -1.11. The van der Waals surface area contributed by atoms with Crippen LogP contribution < -0.4 is 5.43 Å². The highest BCUT2D eigenvalue weighted by Crippen LogP contribution is 2.25. The number of rotatable bonds is 9. The predicted molar refractivity (Wildman–Crippen MR) is 139 cm³/mol. The molecule has 11 heteroatoms. The normalized spacial score (nSPS) is 11.6. The SMILES string of the molecule is COC(=O)c1ccc(/C=N\NC(=O)CN(Cc2ccc(Cl)c(Cl)c2)S(=O)(=O)c2ccc(C)cc2)cc1. The molecule has 3 rings (SSSR count). The molecule has 0 atom stereocenters. The van der Waals surface area contributed by atoms with Gasteiger partial charge in [-0.2, -0.15) is 9.41 Å². The molecule has 0 radical (unpaired) electrons. The number of benzene rings is 3. The fraction of sp³-hybridized carbons (Fsp3) is 0.160. The van der Waals surface area contributed by atoms with Crippen LogP contribution in [-0.2, 0) is 26.1 Å². The molecule has 0 aliphatic rings. The van der Waals surface area contributed by atoms with E-state index in [0.29, 0.717) is 21.7 Å². The monoisotopic (exact) mass is 547 g/mol. The molecule has 0 aliphatic heterocycles. The van der Waals surface area contributed by atoms with E-state index in [1.54, 1.807) is 54.6 Å². The smallest absolute Gasteiger partial charge is 0.337 e. The Balaban J connectivity index is 1.77. The summed E-state index contributed by atoms with van der Waals surface area (Å²) in [7, 11) is -2.74. The van der Waals surface area contributed by atoms with E-state index in [1.807, 2.05) is 6.92 Å². The second kappa shape index (κ2) is 12.1. The zero-order valence-electron chi connectivity index (χ0n) is 19.4. The van der Waals surface area contributed by atoms with Crippen molar-refractivity contribution in [2.45, 2.75) is 18.4 Å². The van der Waals surface area contributed by atoms with Gasteiger partial charge in [0.1, 0.15) is 0 Å². The highest BCUT2D eigenvalue weighted by Gasteiger charge is 2.27. The zero-order chi connectivity index (χ0) is 26.3. The average molecular weight is 548 g/mol. The molecule has 0 fully saturated rings. The van der Waals surface area contributed by atoms with Crippen LogP contribution in [0.3, 0.4) is 0 Å². The van der Waals surface area contributed by atoms with Crippen molar-refractivity contribution in [3.63, 3.8) is 0 Å². The fourth-order valence-corrected chi connectivity index (χ4v) is 4.83. The Bertz CT molecular complexity index is 1380. The molecule has 0 unspecified atom stereocenters. The van der Waals surface area contributed by atoms with Crippen molar-refractivity contribution in [3.05, 3.63) is 99.0 Å². The molecule has 0 spiro atoms. The predicted octanol–water partition coefficient (Wildman–Crippen LogP) is 4.43. The molecule has 3 aromatic rings. The van der Waals surface area contributed by atoms with Crippen LogP contribution in [0, 0.1) is 6.92 Å². The lowest BCUT2D eigenvalue weighted by molar-refractivity contribution is -0.121. The first kappa shape index (κ1) is 27.3. The van der Waals surface area contributed by atoms with Crippen molar-refractivity contribution < 1.29 is 22.7 Å². The van der Waals surface area contributed by atoms with Gasteiger partial charge in [-0.05, 0) is 54.4 Å². The third kappa shape index (κ3) is 7.14. The molecule has 0 saturated carbocycles. The first-order valence-electron chi connectivity index (χ1n) is 10.6. The van der Waals surface area contributed by atoms with Crippen LogP contribution in [0.15, 0.2) is 76.7 Å². The van der Waals surface area contributed by atoms with Gasteiger partial charge in [-0.15, -0.1) is 0 Å². The summed E-state index contributed by atoms with van der Waals surface area (Å²) in [6.07, 6.45) is 1.37. The van der Waals surface area contributed by atoms with Crippen molar-refractivity contribution >= 4 is 51.3 Å². The number of amides is 1. The number of nitrogens with zero attached hydrogens (tertiary/aromatic N) is 2. The maximum atomic E-state index is 13.4. The van der Waals surface area contributed by atoms with Gasteiger partial charge in [-0.1, -0.05) is 59.1 Å². The second-order valence-corrected chi connectivity index (χ2v) is 10.5. The van der Waals surface area contributed by atoms with Crippen LogP contribution in [0.4, 0.5) is 0 Å². The molecule has 1 N–H and O–H groups in total. The second-order valence-electron chi connectivity index (χ2n) is 7.74. The molecular formula is C25H23Cl2N3O5S. The van der Waals surface area contributed by atoms with Crippen LogP contribution >= 0.6 is 23.2 Å². The number of halogens is 2. The molecule has 0 saturated heterocycles. The summed E-state index contributed by atoms with van der Waals surface area (Å²) in [6, 6.07) is 17.5. The lowest BCUT2D eigenvalue weighted by Gasteiger charge is -2.22. The number of hydrogen-bond donors (Lipinski definition) is 1. The minimum Gasteiger partial charge on any atom is -0.465 e. The summed E-state index contributed by atoms with van der Waals surface area (Å²) in [5.41, 5.74) is 4.78. The number of ether oxygens (including phenoxy) is 1. The van der Waals surface area contributed by atoms with Gasteiger partial charge in [0.05, 0.1) is 40.4 Å². The quantitative estimate of drug-likeness (QED) is 0.242. The summed E-state index contributed by atoms with van der Waals surface area (Å²) in [5, 5.41) is 4.49. The maximum absolute atomic E-state index is 13.4. The van der Waals surface area contributed by atoms with Gasteiger partial charge in [-0.25, -0.2) is 18.6 Å². The highest BCUT2D eigenvalue weighted by molar-refractivity contribution is 7.89. The van der Waals surface area contributed by atoms with E-state index < -0.39 is 28.4 Å². The zero-order valence-corrected chi connectivity index (χ0v) is 21.8. The minimum absolute atomic E-state index is 0.0511. The molecule has 36 heavy (non-hydrogen) atoms. The number of nitrogens with one attached hydrogen (secondary N) is 1. The van der Waals surface area contributed by atoms with Crippen molar-refractivity contribution in [3.8, 4) is 0 Å². The topological polar surface area (TPSA) is 105 Å². The third-order valence-corrected chi connectivity index (χ3v) is 7.60. The van der Waals surface area contributed by atoms with Crippen LogP contribution in [0.5, 0.6) is 0 Å². The fourth-order valence-electron chi connectivity index (χ4n) is 3.12. The molecular weight excluding hydrogens is 525 g/mol. The van der Waals surface area contributed by atoms with Gasteiger partial charge >= 0.3 is 5.97 Å². The summed E-state index contributed by atoms with van der Waals surface area (Å²) in [4.78, 5) is 24.2. The van der Waals surface area contributed by atoms with E-state index in [4.69, 9.17) is 23.2 Å². The molecule has 3 aromatic carbocycles. The molecule has 0 aliphatic carbocycles. The summed E-state index contributed by atoms with van der Waals surface area (Å²) >= 11 is 12.1. The van der Waals surface area contributed by atoms with Gasteiger partial charge in [0.25, 0.3) is 5.91 Å². The molecule has 0 aromatic heterocycles. The molecule has 1 amide bonds. The van der Waals surface area contributed by atoms with Crippen molar-refractivity contribution in [2.24, 2.45) is 5.10 Å². The van der Waals surface area contributed by atoms with Crippen molar-refractivity contribution in [1.29, 1.82) is 0 Å². The number of carbonyl (C=O) groups is 2. The van der Waals surface area contributed by atoms with Crippen LogP contribution in [0.25, 0.3) is 0 Å². The van der Waals surface area contributed by atoms with Gasteiger partial charge in [0, 0.05) is 6.54 Å². The van der Waals surface area contributed by atoms with E-state index in [-0.39, 0.29) is 16.5 Å². The lowest BCUT2D eigenvalue weighted by atomic mass is 10.1. The van der Waals surface area contributed by atoms with Gasteiger partial charge in [-0.3, -0.25) is 4.79 Å². The number of hydrazone groups is 1. The number of carbonyl (C=O) groups excluding carboxylic acids is 2. The maximum Gasteiger partial charge on any atom is 0.337 e. The third-order valence-electron chi connectivity index (χ3n) is 5.06. The van der Waals surface area contributed by atoms with E-state index in [2.05, 4.69) is 15.3 Å². The van der Waals surface area contributed by atoms with Crippen LogP contribution in [-0.4, -0.2) is 44.5 Å². The standard InChI is InChI=1S/C25H23Cl2N3O5S/c1-17-3-10-21(11-4-17)36(33,34)30(15-19-7-12-22(26)23(27)13-19)16-24(31)29-28-14-18-5-8-20(9-6-18)25(32)35-2/h3-14H,15-16H2,1-2H3,(H,29,31)/b28-14-. The Hall–Kier alpha value is -3.24. The lowest BCUT2D eigenvalue weighted by Crippen LogP contribution is -2.39. The first-order valence-corrected chi connectivity index (χ1v) is 12.8. The first-order chi connectivity index (χ1) is 17.1. The Labute approximate surface area is 219 Å². The number of methoxy groups -OCH3 is 1. The Morgan fingerprint density at radius 2 is 1.67 bits per heavy atom. The Morgan fingerprint density at radius 1 is 1.00 bits per heavy atom. The van der Waals surface area contributed by atoms with E-state index in [1.165, 1.54) is 25.5 Å². The van der Waals surface area contributed by atoms with E-state index in [0.717, 1.165) is 9.87 Å². The Morgan fingerprint density at radius 3 is 2.28 bits per heavy atom. The van der Waals surface area contributed by atoms with Crippen molar-refractivity contribution in [1.82, 2.24) is 9.73 Å². The van der Waals surface area contributed by atoms with Crippen molar-refractivity contribution in [2.75, 3.05) is 13.7 Å². The van der Waals surface area contributed by atoms with E-state index >= 15 is 0 Å². The number of esters is 1. The summed E-state index contributed by atoms with van der Waals surface area (Å²) in [6.45, 7) is 1.24. The summed E-state index contributed by atoms with van der Waals surface area (Å²) < 4.78 is 32.4. The molecule has 8 nitrogen and oxygen atoms in total. The number of sulfonamides is 1.